The lowest BCUT2D eigenvalue weighted by molar-refractivity contribution is 0.0519. The van der Waals surface area contributed by atoms with Gasteiger partial charge in [0.2, 0.25) is 0 Å². The molecule has 4 aromatic heterocycles. The number of amides is 1. The number of carbonyl (C=O) groups excluding carboxylic acids is 1. The van der Waals surface area contributed by atoms with Crippen LogP contribution >= 0.6 is 0 Å². The smallest absolute Gasteiger partial charge is 0.407 e. The van der Waals surface area contributed by atoms with E-state index in [1.54, 1.807) is 10.6 Å². The Kier molecular flexibility index (Phi) is 10.0. The van der Waals surface area contributed by atoms with Crippen LogP contribution in [0.25, 0.3) is 22.1 Å². The molecule has 3 aliphatic rings. The number of alkyl carbamates (subject to hydrolysis) is 1. The second-order valence-corrected chi connectivity index (χ2v) is 15.3. The number of rotatable bonds is 7. The van der Waals surface area contributed by atoms with Crippen molar-refractivity contribution in [2.45, 2.75) is 44.9 Å². The number of likely N-dealkylation sites (tertiary alicyclic amines) is 1. The molecule has 1 fully saturated rings. The van der Waals surface area contributed by atoms with Crippen molar-refractivity contribution in [3.63, 3.8) is 0 Å². The zero-order chi connectivity index (χ0) is 36.7. The number of halogens is 2. The number of hydrogen-bond acceptors (Lipinski definition) is 12. The molecule has 4 aromatic rings. The Morgan fingerprint density at radius 2 is 1.49 bits per heavy atom. The molecule has 0 saturated carbocycles. The monoisotopic (exact) mass is 732 g/mol. The van der Waals surface area contributed by atoms with E-state index in [4.69, 9.17) is 14.2 Å². The van der Waals surface area contributed by atoms with Crippen molar-refractivity contribution in [2.24, 2.45) is 5.92 Å². The second-order valence-electron chi connectivity index (χ2n) is 13.5. The normalized spacial score (nSPS) is 19.9. The van der Waals surface area contributed by atoms with Crippen molar-refractivity contribution in [1.29, 1.82) is 0 Å². The minimum absolute atomic E-state index is 0.0924. The van der Waals surface area contributed by atoms with Gasteiger partial charge >= 0.3 is 6.09 Å². The van der Waals surface area contributed by atoms with Crippen LogP contribution in [0.5, 0.6) is 11.5 Å². The molecule has 18 heteroatoms. The highest BCUT2D eigenvalue weighted by Crippen LogP contribution is 2.34. The number of hydrogen-bond donors (Lipinski definition) is 1. The van der Waals surface area contributed by atoms with Gasteiger partial charge in [-0.2, -0.15) is 8.42 Å². The van der Waals surface area contributed by atoms with Gasteiger partial charge < -0.3 is 24.4 Å². The maximum atomic E-state index is 14.1. The van der Waals surface area contributed by atoms with Crippen LogP contribution in [0, 0.1) is 17.6 Å². The van der Waals surface area contributed by atoms with Gasteiger partial charge in [0.1, 0.15) is 29.8 Å². The summed E-state index contributed by atoms with van der Waals surface area (Å²) in [7, 11) is -2.76. The molecule has 7 rings (SSSR count). The van der Waals surface area contributed by atoms with E-state index in [0.29, 0.717) is 35.6 Å². The van der Waals surface area contributed by atoms with Gasteiger partial charge in [0.25, 0.3) is 21.2 Å². The Bertz CT molecular complexity index is 2210. The average Bonchev–Trinajstić information content (AvgIpc) is 3.53. The van der Waals surface area contributed by atoms with Gasteiger partial charge in [-0.05, 0) is 51.8 Å². The SMILES string of the molecule is CC(C)(C)OC(=O)NC[C@H]1CCN(C[C@@H]2COc3c(F)cnc4ccc(=O)n2c34)C1.COS(=O)(=O)C[C@@H]1COc2c(F)cnc3ccc(=O)n1c23. The lowest BCUT2D eigenvalue weighted by atomic mass is 10.1. The fourth-order valence-corrected chi connectivity index (χ4v) is 7.35. The molecule has 3 atom stereocenters. The topological polar surface area (TPSA) is 173 Å². The van der Waals surface area contributed by atoms with Crippen LogP contribution in [0.1, 0.15) is 39.3 Å². The van der Waals surface area contributed by atoms with Crippen LogP contribution in [0.2, 0.25) is 0 Å². The van der Waals surface area contributed by atoms with Crippen molar-refractivity contribution in [3.05, 3.63) is 69.0 Å². The predicted octanol–water partition coefficient (Wildman–Crippen LogP) is 2.76. The molecule has 0 bridgehead atoms. The molecular weight excluding hydrogens is 694 g/mol. The van der Waals surface area contributed by atoms with Crippen molar-refractivity contribution >= 4 is 38.3 Å². The average molecular weight is 733 g/mol. The maximum absolute atomic E-state index is 14.1. The molecule has 15 nitrogen and oxygen atoms in total. The first-order chi connectivity index (χ1) is 24.1. The van der Waals surface area contributed by atoms with Gasteiger partial charge in [-0.15, -0.1) is 0 Å². The van der Waals surface area contributed by atoms with Gasteiger partial charge in [0.05, 0.1) is 48.4 Å². The highest BCUT2D eigenvalue weighted by Gasteiger charge is 2.32. The minimum atomic E-state index is -3.80. The highest BCUT2D eigenvalue weighted by atomic mass is 32.2. The van der Waals surface area contributed by atoms with Crippen LogP contribution < -0.4 is 25.9 Å². The third kappa shape index (κ3) is 7.82. The first-order valence-electron chi connectivity index (χ1n) is 16.3. The molecule has 3 aliphatic heterocycles. The van der Waals surface area contributed by atoms with Gasteiger partial charge in [-0.3, -0.25) is 32.9 Å². The summed E-state index contributed by atoms with van der Waals surface area (Å²) in [5, 5.41) is 2.83. The van der Waals surface area contributed by atoms with E-state index in [-0.39, 0.29) is 41.8 Å². The lowest BCUT2D eigenvalue weighted by Gasteiger charge is -2.31. The van der Waals surface area contributed by atoms with Crippen LogP contribution in [-0.4, -0.2) is 96.4 Å². The first-order valence-corrected chi connectivity index (χ1v) is 17.8. The van der Waals surface area contributed by atoms with Crippen LogP contribution in [0.4, 0.5) is 13.6 Å². The van der Waals surface area contributed by atoms with Crippen molar-refractivity contribution in [2.75, 3.05) is 52.3 Å². The molecular formula is C33H38F2N6O9S. The number of aromatic nitrogens is 4. The summed E-state index contributed by atoms with van der Waals surface area (Å²) >= 11 is 0. The highest BCUT2D eigenvalue weighted by molar-refractivity contribution is 7.86. The van der Waals surface area contributed by atoms with E-state index < -0.39 is 50.8 Å². The Labute approximate surface area is 291 Å². The largest absolute Gasteiger partial charge is 0.486 e. The van der Waals surface area contributed by atoms with Gasteiger partial charge in [0.15, 0.2) is 23.1 Å². The minimum Gasteiger partial charge on any atom is -0.486 e. The predicted molar refractivity (Wildman–Crippen MR) is 181 cm³/mol. The quantitative estimate of drug-likeness (QED) is 0.276. The van der Waals surface area contributed by atoms with E-state index >= 15 is 0 Å². The molecule has 1 saturated heterocycles. The zero-order valence-corrected chi connectivity index (χ0v) is 29.2. The Morgan fingerprint density at radius 1 is 0.941 bits per heavy atom. The molecule has 1 N–H and O–H groups in total. The van der Waals surface area contributed by atoms with Crippen molar-refractivity contribution in [3.8, 4) is 11.5 Å². The van der Waals surface area contributed by atoms with Crippen LogP contribution in [0.3, 0.4) is 0 Å². The summed E-state index contributed by atoms with van der Waals surface area (Å²) in [6.07, 6.45) is 2.65. The molecule has 51 heavy (non-hydrogen) atoms. The molecule has 0 spiro atoms. The molecule has 0 unspecified atom stereocenters. The Morgan fingerprint density at radius 3 is 2.04 bits per heavy atom. The summed E-state index contributed by atoms with van der Waals surface area (Å²) in [5.74, 6) is -1.40. The number of nitrogens with zero attached hydrogens (tertiary/aromatic N) is 5. The third-order valence-corrected chi connectivity index (χ3v) is 10.0. The van der Waals surface area contributed by atoms with E-state index in [9.17, 15) is 31.6 Å². The summed E-state index contributed by atoms with van der Waals surface area (Å²) in [5.41, 5.74) is 0.307. The van der Waals surface area contributed by atoms with E-state index in [2.05, 4.69) is 24.4 Å². The molecule has 0 radical (unpaired) electrons. The zero-order valence-electron chi connectivity index (χ0n) is 28.4. The second kappa shape index (κ2) is 14.1. The van der Waals surface area contributed by atoms with Gasteiger partial charge in [0, 0.05) is 31.8 Å². The number of ether oxygens (including phenoxy) is 3. The van der Waals surface area contributed by atoms with E-state index in [1.807, 2.05) is 20.8 Å². The van der Waals surface area contributed by atoms with E-state index in [1.165, 1.54) is 22.8 Å². The summed E-state index contributed by atoms with van der Waals surface area (Å²) in [4.78, 5) is 46.7. The summed E-state index contributed by atoms with van der Waals surface area (Å²) < 4.78 is 74.5. The molecule has 1 amide bonds. The summed E-state index contributed by atoms with van der Waals surface area (Å²) in [6.45, 7) is 8.38. The number of carbonyl (C=O) groups is 1. The summed E-state index contributed by atoms with van der Waals surface area (Å²) in [6, 6.07) is 4.73. The molecule has 274 valence electrons. The standard InChI is InChI=1S/C21H27FN4O4.C12H11FN2O5S/c1-21(2,3)30-20(28)24-8-13-6-7-25(10-13)11-14-12-29-19-15(22)9-23-16-4-5-17(27)26(14)18(16)19;1-19-21(17,18)6-7-5-20-12-8(13)4-14-9-2-3-10(16)15(7)11(9)12/h4-5,9,13-14H,6-8,10-12H2,1-3H3,(H,24,28);2-4,7H,5-6H2,1H3/t13-,14-;7-/m10/s1. The van der Waals surface area contributed by atoms with Crippen LogP contribution in [-0.2, 0) is 19.0 Å². The number of nitrogens with one attached hydrogen (secondary N) is 1. The van der Waals surface area contributed by atoms with Gasteiger partial charge in [-0.25, -0.2) is 13.6 Å². The number of pyridine rings is 4. The molecule has 0 aliphatic carbocycles. The lowest BCUT2D eigenvalue weighted by Crippen LogP contribution is -2.40. The van der Waals surface area contributed by atoms with E-state index in [0.717, 1.165) is 39.0 Å². The fraction of sp³-hybridized carbons (Fsp3) is 0.485. The Balaban J connectivity index is 0.000000187. The van der Waals surface area contributed by atoms with Crippen molar-refractivity contribution < 1.29 is 40.4 Å². The fourth-order valence-electron chi connectivity index (χ4n) is 6.50. The van der Waals surface area contributed by atoms with Crippen LogP contribution in [0.15, 0.2) is 46.2 Å². The molecule has 0 aromatic carbocycles. The Hall–Kier alpha value is -4.68. The van der Waals surface area contributed by atoms with Crippen molar-refractivity contribution in [1.82, 2.24) is 29.3 Å². The molecule has 7 heterocycles. The maximum Gasteiger partial charge on any atom is 0.407 e. The first kappa shape index (κ1) is 36.1. The third-order valence-electron chi connectivity index (χ3n) is 8.70. The van der Waals surface area contributed by atoms with Gasteiger partial charge in [-0.1, -0.05) is 0 Å².